The maximum Gasteiger partial charge on any atom is 0.229 e. The van der Waals surface area contributed by atoms with Crippen LogP contribution in [0.15, 0.2) is 0 Å². The van der Waals surface area contributed by atoms with Gasteiger partial charge in [0.05, 0.1) is 0 Å². The van der Waals surface area contributed by atoms with Gasteiger partial charge in [0.1, 0.15) is 0 Å². The second kappa shape index (κ2) is 6.88. The Morgan fingerprint density at radius 1 is 1.12 bits per heavy atom. The van der Waals surface area contributed by atoms with E-state index in [1.54, 1.807) is 0 Å². The molecule has 17 heavy (non-hydrogen) atoms. The molecule has 1 heterocycles. The standard InChI is InChI=1S/C11H22N6/c1-4-5-6-13-10-15-9(12)16-11(17-10)14-7-8(2)3/h8H,4-7H2,1-3H3,(H4,12,13,14,15,16,17). The summed E-state index contributed by atoms with van der Waals surface area (Å²) < 4.78 is 0. The molecule has 0 radical (unpaired) electrons. The molecule has 0 aliphatic rings. The highest BCUT2D eigenvalue weighted by Crippen LogP contribution is 2.07. The maximum atomic E-state index is 5.63. The van der Waals surface area contributed by atoms with Gasteiger partial charge in [-0.05, 0) is 12.3 Å². The van der Waals surface area contributed by atoms with Crippen LogP contribution in [0.2, 0.25) is 0 Å². The van der Waals surface area contributed by atoms with Crippen LogP contribution in [-0.2, 0) is 0 Å². The lowest BCUT2D eigenvalue weighted by molar-refractivity contribution is 0.684. The SMILES string of the molecule is CCCCNc1nc(N)nc(NCC(C)C)n1. The summed E-state index contributed by atoms with van der Waals surface area (Å²) >= 11 is 0. The molecule has 1 aromatic rings. The molecule has 0 atom stereocenters. The zero-order chi connectivity index (χ0) is 12.7. The van der Waals surface area contributed by atoms with Gasteiger partial charge in [0.25, 0.3) is 0 Å². The first-order chi connectivity index (χ1) is 8.11. The predicted octanol–water partition coefficient (Wildman–Crippen LogP) is 1.73. The van der Waals surface area contributed by atoms with Crippen LogP contribution >= 0.6 is 0 Å². The van der Waals surface area contributed by atoms with Crippen LogP contribution in [0, 0.1) is 5.92 Å². The topological polar surface area (TPSA) is 88.8 Å². The van der Waals surface area contributed by atoms with E-state index >= 15 is 0 Å². The number of nitrogens with one attached hydrogen (secondary N) is 2. The van der Waals surface area contributed by atoms with Crippen molar-refractivity contribution >= 4 is 17.8 Å². The van der Waals surface area contributed by atoms with E-state index in [9.17, 15) is 0 Å². The summed E-state index contributed by atoms with van der Waals surface area (Å²) in [4.78, 5) is 12.3. The molecule has 1 aromatic heterocycles. The maximum absolute atomic E-state index is 5.63. The second-order valence-corrected chi connectivity index (χ2v) is 4.40. The minimum Gasteiger partial charge on any atom is -0.368 e. The van der Waals surface area contributed by atoms with Gasteiger partial charge in [0, 0.05) is 13.1 Å². The number of rotatable bonds is 7. The zero-order valence-corrected chi connectivity index (χ0v) is 10.8. The molecule has 1 rings (SSSR count). The molecule has 0 aliphatic carbocycles. The fraction of sp³-hybridized carbons (Fsp3) is 0.727. The van der Waals surface area contributed by atoms with E-state index in [0.717, 1.165) is 25.9 Å². The fourth-order valence-corrected chi connectivity index (χ4v) is 1.22. The molecule has 0 spiro atoms. The van der Waals surface area contributed by atoms with E-state index in [1.807, 2.05) is 0 Å². The Bertz CT molecular complexity index is 339. The van der Waals surface area contributed by atoms with E-state index in [0.29, 0.717) is 17.8 Å². The van der Waals surface area contributed by atoms with Crippen molar-refractivity contribution in [1.82, 2.24) is 15.0 Å². The van der Waals surface area contributed by atoms with Gasteiger partial charge in [-0.3, -0.25) is 0 Å². The lowest BCUT2D eigenvalue weighted by atomic mass is 10.2. The molecule has 0 aliphatic heterocycles. The molecule has 6 heteroatoms. The Hall–Kier alpha value is -1.59. The molecule has 0 unspecified atom stereocenters. The number of nitrogens with two attached hydrogens (primary N) is 1. The molecule has 0 aromatic carbocycles. The molecule has 0 fully saturated rings. The summed E-state index contributed by atoms with van der Waals surface area (Å²) in [6.45, 7) is 8.05. The summed E-state index contributed by atoms with van der Waals surface area (Å²) in [5.74, 6) is 1.84. The van der Waals surface area contributed by atoms with E-state index in [4.69, 9.17) is 5.73 Å². The normalized spacial score (nSPS) is 10.6. The largest absolute Gasteiger partial charge is 0.368 e. The van der Waals surface area contributed by atoms with E-state index < -0.39 is 0 Å². The van der Waals surface area contributed by atoms with Crippen LogP contribution in [0.4, 0.5) is 17.8 Å². The van der Waals surface area contributed by atoms with Crippen LogP contribution < -0.4 is 16.4 Å². The number of aromatic nitrogens is 3. The molecule has 0 bridgehead atoms. The lowest BCUT2D eigenvalue weighted by Gasteiger charge is -2.09. The van der Waals surface area contributed by atoms with E-state index in [2.05, 4.69) is 46.4 Å². The van der Waals surface area contributed by atoms with Crippen molar-refractivity contribution in [3.05, 3.63) is 0 Å². The van der Waals surface area contributed by atoms with Crippen molar-refractivity contribution in [3.8, 4) is 0 Å². The third-order valence-corrected chi connectivity index (χ3v) is 2.13. The van der Waals surface area contributed by atoms with E-state index in [-0.39, 0.29) is 5.95 Å². The van der Waals surface area contributed by atoms with Gasteiger partial charge in [-0.1, -0.05) is 27.2 Å². The molecule has 0 saturated carbocycles. The molecule has 96 valence electrons. The van der Waals surface area contributed by atoms with Crippen molar-refractivity contribution in [1.29, 1.82) is 0 Å². The van der Waals surface area contributed by atoms with Gasteiger partial charge in [-0.25, -0.2) is 0 Å². The fourth-order valence-electron chi connectivity index (χ4n) is 1.22. The predicted molar refractivity (Wildman–Crippen MR) is 71.0 cm³/mol. The summed E-state index contributed by atoms with van der Waals surface area (Å²) in [5.41, 5.74) is 5.63. The first-order valence-corrected chi connectivity index (χ1v) is 6.11. The summed E-state index contributed by atoms with van der Waals surface area (Å²) in [6, 6.07) is 0. The van der Waals surface area contributed by atoms with Crippen LogP contribution in [0.3, 0.4) is 0 Å². The Morgan fingerprint density at radius 3 is 2.35 bits per heavy atom. The second-order valence-electron chi connectivity index (χ2n) is 4.40. The minimum atomic E-state index is 0.241. The highest BCUT2D eigenvalue weighted by molar-refractivity contribution is 5.39. The number of unbranched alkanes of at least 4 members (excludes halogenated alkanes) is 1. The van der Waals surface area contributed by atoms with Crippen LogP contribution in [-0.4, -0.2) is 28.0 Å². The number of nitrogens with zero attached hydrogens (tertiary/aromatic N) is 3. The minimum absolute atomic E-state index is 0.241. The van der Waals surface area contributed by atoms with Crippen LogP contribution in [0.5, 0.6) is 0 Å². The Kier molecular flexibility index (Phi) is 5.45. The van der Waals surface area contributed by atoms with Crippen LogP contribution in [0.1, 0.15) is 33.6 Å². The van der Waals surface area contributed by atoms with Gasteiger partial charge >= 0.3 is 0 Å². The summed E-state index contributed by atoms with van der Waals surface area (Å²) in [6.07, 6.45) is 2.21. The number of anilines is 3. The van der Waals surface area contributed by atoms with Gasteiger partial charge in [0.15, 0.2) is 0 Å². The molecule has 6 nitrogen and oxygen atoms in total. The van der Waals surface area contributed by atoms with Crippen molar-refractivity contribution < 1.29 is 0 Å². The van der Waals surface area contributed by atoms with Crippen molar-refractivity contribution in [2.45, 2.75) is 33.6 Å². The third kappa shape index (κ3) is 5.33. The van der Waals surface area contributed by atoms with Crippen molar-refractivity contribution in [2.75, 3.05) is 29.5 Å². The first kappa shape index (κ1) is 13.5. The monoisotopic (exact) mass is 238 g/mol. The van der Waals surface area contributed by atoms with Gasteiger partial charge in [0.2, 0.25) is 17.8 Å². The molecular formula is C11H22N6. The number of hydrogen-bond acceptors (Lipinski definition) is 6. The third-order valence-electron chi connectivity index (χ3n) is 2.13. The van der Waals surface area contributed by atoms with Gasteiger partial charge in [-0.2, -0.15) is 15.0 Å². The Balaban J connectivity index is 2.59. The highest BCUT2D eigenvalue weighted by atomic mass is 15.2. The van der Waals surface area contributed by atoms with E-state index in [1.165, 1.54) is 0 Å². The summed E-state index contributed by atoms with van der Waals surface area (Å²) in [5, 5.41) is 6.27. The molecule has 0 saturated heterocycles. The quantitative estimate of drug-likeness (QED) is 0.627. The summed E-state index contributed by atoms with van der Waals surface area (Å²) in [7, 11) is 0. The molecular weight excluding hydrogens is 216 g/mol. The Labute approximate surface area is 102 Å². The number of nitrogen functional groups attached to an aromatic ring is 1. The first-order valence-electron chi connectivity index (χ1n) is 6.11. The Morgan fingerprint density at radius 2 is 1.76 bits per heavy atom. The zero-order valence-electron chi connectivity index (χ0n) is 10.8. The van der Waals surface area contributed by atoms with Crippen LogP contribution in [0.25, 0.3) is 0 Å². The smallest absolute Gasteiger partial charge is 0.229 e. The average Bonchev–Trinajstić information content (AvgIpc) is 2.26. The van der Waals surface area contributed by atoms with Gasteiger partial charge in [-0.15, -0.1) is 0 Å². The lowest BCUT2D eigenvalue weighted by Crippen LogP contribution is -2.14. The average molecular weight is 238 g/mol. The van der Waals surface area contributed by atoms with Crippen molar-refractivity contribution in [2.24, 2.45) is 5.92 Å². The highest BCUT2D eigenvalue weighted by Gasteiger charge is 2.04. The molecule has 0 amide bonds. The van der Waals surface area contributed by atoms with Crippen molar-refractivity contribution in [3.63, 3.8) is 0 Å². The number of hydrogen-bond donors (Lipinski definition) is 3. The molecule has 4 N–H and O–H groups in total. The van der Waals surface area contributed by atoms with Gasteiger partial charge < -0.3 is 16.4 Å².